The van der Waals surface area contributed by atoms with Crippen LogP contribution in [0.25, 0.3) is 5.69 Å². The van der Waals surface area contributed by atoms with Crippen LogP contribution in [0.3, 0.4) is 0 Å². The molecule has 12 heteroatoms. The van der Waals surface area contributed by atoms with Crippen molar-refractivity contribution >= 4 is 29.1 Å². The van der Waals surface area contributed by atoms with Crippen LogP contribution in [0.4, 0.5) is 21.7 Å². The van der Waals surface area contributed by atoms with Crippen LogP contribution in [0.15, 0.2) is 30.7 Å². The lowest BCUT2D eigenvalue weighted by atomic mass is 10.2. The molecule has 33 heavy (non-hydrogen) atoms. The Hall–Kier alpha value is -4.09. The van der Waals surface area contributed by atoms with Gasteiger partial charge in [0, 0.05) is 13.5 Å². The molecule has 0 radical (unpaired) electrons. The van der Waals surface area contributed by atoms with E-state index in [0.29, 0.717) is 23.6 Å². The first-order valence-electron chi connectivity index (χ1n) is 10.4. The van der Waals surface area contributed by atoms with Crippen LogP contribution in [0.5, 0.6) is 0 Å². The lowest BCUT2D eigenvalue weighted by molar-refractivity contribution is -0.128. The Morgan fingerprint density at radius 2 is 1.94 bits per heavy atom. The smallest absolute Gasteiger partial charge is 0.252 e. The van der Waals surface area contributed by atoms with Gasteiger partial charge in [0.1, 0.15) is 11.5 Å². The number of aryl methyl sites for hydroxylation is 1. The number of nitrogens with one attached hydrogen (secondary N) is 2. The van der Waals surface area contributed by atoms with E-state index in [4.69, 9.17) is 5.73 Å². The number of aromatic nitrogens is 5. The molecule has 0 aliphatic rings. The van der Waals surface area contributed by atoms with Gasteiger partial charge in [-0.05, 0) is 25.5 Å². The molecule has 3 aromatic heterocycles. The maximum Gasteiger partial charge on any atom is 0.252 e. The van der Waals surface area contributed by atoms with Gasteiger partial charge in [0.15, 0.2) is 11.6 Å². The topological polar surface area (TPSA) is 144 Å². The van der Waals surface area contributed by atoms with Crippen LogP contribution in [-0.2, 0) is 4.79 Å². The number of nitrogens with two attached hydrogens (primary N) is 1. The maximum absolute atomic E-state index is 14.6. The third-order valence-corrected chi connectivity index (χ3v) is 4.86. The molecule has 0 atom stereocenters. The largest absolute Gasteiger partial charge is 0.365 e. The summed E-state index contributed by atoms with van der Waals surface area (Å²) in [7, 11) is 0. The minimum absolute atomic E-state index is 0.0411. The van der Waals surface area contributed by atoms with Crippen LogP contribution in [-0.4, -0.2) is 54.9 Å². The molecule has 4 N–H and O–H groups in total. The van der Waals surface area contributed by atoms with Crippen molar-refractivity contribution in [3.05, 3.63) is 47.8 Å². The minimum atomic E-state index is -0.849. The number of hydrogen-bond acceptors (Lipinski definition) is 8. The lowest BCUT2D eigenvalue weighted by Crippen LogP contribution is -2.34. The van der Waals surface area contributed by atoms with Crippen LogP contribution in [0, 0.1) is 12.7 Å². The minimum Gasteiger partial charge on any atom is -0.365 e. The summed E-state index contributed by atoms with van der Waals surface area (Å²) in [4.78, 5) is 35.2. The van der Waals surface area contributed by atoms with Crippen molar-refractivity contribution in [3.63, 3.8) is 0 Å². The van der Waals surface area contributed by atoms with Gasteiger partial charge in [-0.3, -0.25) is 14.6 Å². The normalized spacial score (nSPS) is 10.7. The van der Waals surface area contributed by atoms with Gasteiger partial charge in [-0.2, -0.15) is 10.2 Å². The monoisotopic (exact) mass is 455 g/mol. The van der Waals surface area contributed by atoms with Gasteiger partial charge in [-0.25, -0.2) is 9.37 Å². The maximum atomic E-state index is 14.6. The Morgan fingerprint density at radius 3 is 2.58 bits per heavy atom. The van der Waals surface area contributed by atoms with Gasteiger partial charge in [0.25, 0.3) is 5.91 Å². The molecule has 0 aromatic carbocycles. The molecule has 0 fully saturated rings. The molecule has 0 bridgehead atoms. The lowest BCUT2D eigenvalue weighted by Gasteiger charge is -2.22. The van der Waals surface area contributed by atoms with E-state index in [1.165, 1.54) is 30.3 Å². The molecule has 2 amide bonds. The van der Waals surface area contributed by atoms with Crippen molar-refractivity contribution in [2.45, 2.75) is 33.6 Å². The van der Waals surface area contributed by atoms with Gasteiger partial charge >= 0.3 is 0 Å². The Balaban J connectivity index is 1.89. The summed E-state index contributed by atoms with van der Waals surface area (Å²) in [5.41, 5.74) is 7.06. The molecule has 0 aliphatic carbocycles. The summed E-state index contributed by atoms with van der Waals surface area (Å²) in [6.45, 7) is 5.86. The summed E-state index contributed by atoms with van der Waals surface area (Å²) in [6, 6.07) is 2.72. The Kier molecular flexibility index (Phi) is 7.49. The Morgan fingerprint density at radius 1 is 1.21 bits per heavy atom. The third-order valence-electron chi connectivity index (χ3n) is 4.86. The van der Waals surface area contributed by atoms with E-state index in [-0.39, 0.29) is 29.8 Å². The second-order valence-electron chi connectivity index (χ2n) is 7.32. The quantitative estimate of drug-likeness (QED) is 0.395. The molecule has 0 aliphatic heterocycles. The van der Waals surface area contributed by atoms with Crippen LogP contribution >= 0.6 is 0 Å². The number of hydrogen-bond donors (Lipinski definition) is 3. The first-order chi connectivity index (χ1) is 15.8. The highest BCUT2D eigenvalue weighted by atomic mass is 19.1. The van der Waals surface area contributed by atoms with E-state index >= 15 is 0 Å². The van der Waals surface area contributed by atoms with Crippen LogP contribution in [0.2, 0.25) is 0 Å². The number of halogens is 1. The number of rotatable bonds is 10. The number of amides is 2. The van der Waals surface area contributed by atoms with E-state index < -0.39 is 11.7 Å². The summed E-state index contributed by atoms with van der Waals surface area (Å²) in [5.74, 6) is -1.85. The first kappa shape index (κ1) is 23.6. The molecular weight excluding hydrogens is 429 g/mol. The molecule has 3 rings (SSSR count). The molecule has 174 valence electrons. The van der Waals surface area contributed by atoms with Gasteiger partial charge in [-0.1, -0.05) is 13.3 Å². The van der Waals surface area contributed by atoms with E-state index in [1.807, 2.05) is 6.92 Å². The Labute approximate surface area is 190 Å². The van der Waals surface area contributed by atoms with Gasteiger partial charge in [0.2, 0.25) is 5.91 Å². The highest BCUT2D eigenvalue weighted by Gasteiger charge is 2.18. The fourth-order valence-corrected chi connectivity index (χ4v) is 3.03. The van der Waals surface area contributed by atoms with E-state index in [1.54, 1.807) is 17.9 Å². The van der Waals surface area contributed by atoms with E-state index in [2.05, 4.69) is 30.8 Å². The summed E-state index contributed by atoms with van der Waals surface area (Å²) in [5, 5.41) is 14.0. The zero-order valence-corrected chi connectivity index (χ0v) is 18.7. The molecule has 0 unspecified atom stereocenters. The summed E-state index contributed by atoms with van der Waals surface area (Å²) >= 11 is 0. The average molecular weight is 455 g/mol. The standard InChI is InChI=1S/C21H26FN9O2/c1-4-5-8-30(14(3)32)12-25-21-17(22)10-16(19(23)33)20(29-21)28-15-9-18(13(2)24-11-15)31-26-6-7-27-31/h6-7,9-11H,4-5,8,12H2,1-3H3,(H2,23,33)(H2,25,28,29). The molecular formula is C21H26FN9O2. The predicted octanol–water partition coefficient (Wildman–Crippen LogP) is 2.37. The highest BCUT2D eigenvalue weighted by Crippen LogP contribution is 2.25. The number of pyridine rings is 2. The zero-order valence-electron chi connectivity index (χ0n) is 18.7. The van der Waals surface area contributed by atoms with E-state index in [9.17, 15) is 14.0 Å². The molecule has 0 saturated carbocycles. The number of carbonyl (C=O) groups is 2. The first-order valence-corrected chi connectivity index (χ1v) is 10.4. The number of nitrogens with zero attached hydrogens (tertiary/aromatic N) is 6. The van der Waals surface area contributed by atoms with Crippen molar-refractivity contribution in [1.82, 2.24) is 29.9 Å². The molecule has 3 aromatic rings. The van der Waals surface area contributed by atoms with Crippen LogP contribution in [0.1, 0.15) is 42.7 Å². The van der Waals surface area contributed by atoms with Crippen molar-refractivity contribution < 1.29 is 14.0 Å². The highest BCUT2D eigenvalue weighted by molar-refractivity contribution is 5.98. The van der Waals surface area contributed by atoms with Crippen molar-refractivity contribution in [2.75, 3.05) is 23.8 Å². The predicted molar refractivity (Wildman–Crippen MR) is 121 cm³/mol. The van der Waals surface area contributed by atoms with Gasteiger partial charge in [0.05, 0.1) is 42.2 Å². The second-order valence-corrected chi connectivity index (χ2v) is 7.32. The van der Waals surface area contributed by atoms with Crippen molar-refractivity contribution in [3.8, 4) is 5.69 Å². The third kappa shape index (κ3) is 5.79. The average Bonchev–Trinajstić information content (AvgIpc) is 3.31. The van der Waals surface area contributed by atoms with Crippen molar-refractivity contribution in [1.29, 1.82) is 0 Å². The van der Waals surface area contributed by atoms with Crippen molar-refractivity contribution in [2.24, 2.45) is 5.73 Å². The number of unbranched alkanes of at least 4 members (excludes halogenated alkanes) is 1. The number of primary amides is 1. The zero-order chi connectivity index (χ0) is 24.0. The summed E-state index contributed by atoms with van der Waals surface area (Å²) in [6.07, 6.45) is 6.34. The SMILES string of the molecule is CCCCN(CNc1nc(Nc2cnc(C)c(-n3nccn3)c2)c(C(N)=O)cc1F)C(C)=O. The van der Waals surface area contributed by atoms with Crippen LogP contribution < -0.4 is 16.4 Å². The summed E-state index contributed by atoms with van der Waals surface area (Å²) < 4.78 is 14.6. The number of anilines is 3. The number of carbonyl (C=O) groups excluding carboxylic acids is 2. The fraction of sp³-hybridized carbons (Fsp3) is 0.333. The van der Waals surface area contributed by atoms with E-state index in [0.717, 1.165) is 18.9 Å². The molecule has 3 heterocycles. The molecule has 0 spiro atoms. The fourth-order valence-electron chi connectivity index (χ4n) is 3.03. The molecule has 0 saturated heterocycles. The Bertz CT molecular complexity index is 1140. The van der Waals surface area contributed by atoms with Gasteiger partial charge < -0.3 is 21.3 Å². The van der Waals surface area contributed by atoms with Gasteiger partial charge in [-0.15, -0.1) is 4.80 Å². The second kappa shape index (κ2) is 10.5. The molecule has 11 nitrogen and oxygen atoms in total.